The molecule has 0 amide bonds. The van der Waals surface area contributed by atoms with Gasteiger partial charge in [-0.25, -0.2) is 4.39 Å². The van der Waals surface area contributed by atoms with Crippen LogP contribution in [0.2, 0.25) is 0 Å². The van der Waals surface area contributed by atoms with Gasteiger partial charge in [-0.3, -0.25) is 0 Å². The van der Waals surface area contributed by atoms with E-state index in [1.165, 1.54) is 0 Å². The molecule has 0 aromatic carbocycles. The minimum Gasteiger partial charge on any atom is -0.461 e. The van der Waals surface area contributed by atoms with Crippen LogP contribution >= 0.6 is 0 Å². The summed E-state index contributed by atoms with van der Waals surface area (Å²) in [6.07, 6.45) is -0.810. The monoisotopic (exact) mass is 187 g/mol. The van der Waals surface area contributed by atoms with E-state index >= 15 is 0 Å². The first kappa shape index (κ1) is 10.2. The number of halogens is 1. The Labute approximate surface area is 76.7 Å². The first-order valence-electron chi connectivity index (χ1n) is 4.19. The SMILES string of the molecule is COCc1ccc(C(F)CCN)o1. The highest BCUT2D eigenvalue weighted by Gasteiger charge is 2.12. The number of furan rings is 1. The van der Waals surface area contributed by atoms with Gasteiger partial charge in [0.2, 0.25) is 0 Å². The Hall–Kier alpha value is -0.870. The summed E-state index contributed by atoms with van der Waals surface area (Å²) in [5.41, 5.74) is 5.23. The molecule has 3 nitrogen and oxygen atoms in total. The average Bonchev–Trinajstić information content (AvgIpc) is 2.54. The molecule has 0 saturated heterocycles. The zero-order valence-corrected chi connectivity index (χ0v) is 7.63. The Bertz CT molecular complexity index is 250. The number of nitrogens with two attached hydrogens (primary N) is 1. The number of ether oxygens (including phenoxy) is 1. The lowest BCUT2D eigenvalue weighted by Crippen LogP contribution is -2.02. The summed E-state index contributed by atoms with van der Waals surface area (Å²) >= 11 is 0. The van der Waals surface area contributed by atoms with E-state index in [-0.39, 0.29) is 0 Å². The first-order valence-corrected chi connectivity index (χ1v) is 4.19. The van der Waals surface area contributed by atoms with Crippen LogP contribution in [-0.4, -0.2) is 13.7 Å². The third kappa shape index (κ3) is 2.82. The zero-order valence-electron chi connectivity index (χ0n) is 7.63. The van der Waals surface area contributed by atoms with E-state index in [1.807, 2.05) is 0 Å². The Balaban J connectivity index is 2.56. The number of hydrogen-bond donors (Lipinski definition) is 1. The molecule has 1 aromatic rings. The second-order valence-electron chi connectivity index (χ2n) is 2.78. The molecule has 1 aromatic heterocycles. The molecule has 13 heavy (non-hydrogen) atoms. The molecule has 0 aliphatic carbocycles. The van der Waals surface area contributed by atoms with Crippen molar-refractivity contribution >= 4 is 0 Å². The Morgan fingerprint density at radius 1 is 1.62 bits per heavy atom. The maximum atomic E-state index is 13.2. The van der Waals surface area contributed by atoms with Crippen LogP contribution in [0, 0.1) is 0 Å². The molecule has 1 unspecified atom stereocenters. The molecule has 0 bridgehead atoms. The largest absolute Gasteiger partial charge is 0.461 e. The van der Waals surface area contributed by atoms with E-state index < -0.39 is 6.17 Å². The van der Waals surface area contributed by atoms with E-state index in [9.17, 15) is 4.39 Å². The summed E-state index contributed by atoms with van der Waals surface area (Å²) < 4.78 is 23.2. The highest BCUT2D eigenvalue weighted by Crippen LogP contribution is 2.22. The molecule has 4 heteroatoms. The first-order chi connectivity index (χ1) is 6.27. The van der Waals surface area contributed by atoms with Crippen LogP contribution in [0.3, 0.4) is 0 Å². The van der Waals surface area contributed by atoms with Crippen LogP contribution in [0.1, 0.15) is 24.1 Å². The number of rotatable bonds is 5. The van der Waals surface area contributed by atoms with Crippen molar-refractivity contribution in [3.63, 3.8) is 0 Å². The van der Waals surface area contributed by atoms with E-state index in [4.69, 9.17) is 14.9 Å². The van der Waals surface area contributed by atoms with Crippen molar-refractivity contribution in [2.24, 2.45) is 5.73 Å². The normalized spacial score (nSPS) is 13.2. The molecule has 74 valence electrons. The summed E-state index contributed by atoms with van der Waals surface area (Å²) in [5.74, 6) is 0.967. The van der Waals surface area contributed by atoms with Gasteiger partial charge in [0, 0.05) is 7.11 Å². The summed E-state index contributed by atoms with van der Waals surface area (Å²) in [7, 11) is 1.56. The van der Waals surface area contributed by atoms with Gasteiger partial charge in [-0.15, -0.1) is 0 Å². The second kappa shape index (κ2) is 4.99. The topological polar surface area (TPSA) is 48.4 Å². The van der Waals surface area contributed by atoms with Crippen LogP contribution in [0.15, 0.2) is 16.5 Å². The van der Waals surface area contributed by atoms with Gasteiger partial charge in [-0.1, -0.05) is 0 Å². The summed E-state index contributed by atoms with van der Waals surface area (Å²) in [6.45, 7) is 0.691. The smallest absolute Gasteiger partial charge is 0.159 e. The molecule has 0 fully saturated rings. The van der Waals surface area contributed by atoms with E-state index in [0.29, 0.717) is 31.1 Å². The third-order valence-corrected chi connectivity index (χ3v) is 1.70. The lowest BCUT2D eigenvalue weighted by Gasteiger charge is -2.01. The lowest BCUT2D eigenvalue weighted by atomic mass is 10.2. The molecular weight excluding hydrogens is 173 g/mol. The van der Waals surface area contributed by atoms with Crippen LogP contribution in [-0.2, 0) is 11.3 Å². The number of methoxy groups -OCH3 is 1. The van der Waals surface area contributed by atoms with Crippen molar-refractivity contribution in [3.05, 3.63) is 23.7 Å². The predicted molar refractivity (Wildman–Crippen MR) is 46.9 cm³/mol. The number of alkyl halides is 1. The maximum absolute atomic E-state index is 13.2. The van der Waals surface area contributed by atoms with Gasteiger partial charge in [-0.05, 0) is 25.1 Å². The number of hydrogen-bond acceptors (Lipinski definition) is 3. The Morgan fingerprint density at radius 2 is 2.38 bits per heavy atom. The molecule has 1 rings (SSSR count). The molecule has 2 N–H and O–H groups in total. The van der Waals surface area contributed by atoms with Crippen molar-refractivity contribution in [2.75, 3.05) is 13.7 Å². The fraction of sp³-hybridized carbons (Fsp3) is 0.556. The summed E-state index contributed by atoms with van der Waals surface area (Å²) in [6, 6.07) is 3.33. The van der Waals surface area contributed by atoms with Crippen LogP contribution < -0.4 is 5.73 Å². The fourth-order valence-electron chi connectivity index (χ4n) is 1.07. The Kier molecular flexibility index (Phi) is 3.92. The van der Waals surface area contributed by atoms with Crippen molar-refractivity contribution in [2.45, 2.75) is 19.2 Å². The van der Waals surface area contributed by atoms with E-state index in [1.54, 1.807) is 19.2 Å². The predicted octanol–water partition coefficient (Wildman–Crippen LogP) is 1.79. The van der Waals surface area contributed by atoms with Crippen LogP contribution in [0.4, 0.5) is 4.39 Å². The molecular formula is C9H14FNO2. The fourth-order valence-corrected chi connectivity index (χ4v) is 1.07. The standard InChI is InChI=1S/C9H14FNO2/c1-12-6-7-2-3-9(13-7)8(10)4-5-11/h2-3,8H,4-6,11H2,1H3. The highest BCUT2D eigenvalue weighted by molar-refractivity contribution is 5.08. The van der Waals surface area contributed by atoms with Gasteiger partial charge in [-0.2, -0.15) is 0 Å². The van der Waals surface area contributed by atoms with E-state index in [2.05, 4.69) is 0 Å². The molecule has 1 atom stereocenters. The quantitative estimate of drug-likeness (QED) is 0.764. The molecule has 0 spiro atoms. The van der Waals surface area contributed by atoms with Gasteiger partial charge in [0.15, 0.2) is 6.17 Å². The maximum Gasteiger partial charge on any atom is 0.159 e. The van der Waals surface area contributed by atoms with Gasteiger partial charge < -0.3 is 14.9 Å². The summed E-state index contributed by atoms with van der Waals surface area (Å²) in [5, 5.41) is 0. The van der Waals surface area contributed by atoms with Gasteiger partial charge in [0.25, 0.3) is 0 Å². The van der Waals surface area contributed by atoms with Gasteiger partial charge in [0.1, 0.15) is 18.1 Å². The minimum atomic E-state index is -1.10. The van der Waals surface area contributed by atoms with Gasteiger partial charge in [0.05, 0.1) is 0 Å². The van der Waals surface area contributed by atoms with E-state index in [0.717, 1.165) is 0 Å². The molecule has 0 aliphatic rings. The van der Waals surface area contributed by atoms with Crippen LogP contribution in [0.25, 0.3) is 0 Å². The highest BCUT2D eigenvalue weighted by atomic mass is 19.1. The third-order valence-electron chi connectivity index (χ3n) is 1.70. The molecule has 1 heterocycles. The lowest BCUT2D eigenvalue weighted by molar-refractivity contribution is 0.157. The van der Waals surface area contributed by atoms with Crippen molar-refractivity contribution < 1.29 is 13.5 Å². The zero-order chi connectivity index (χ0) is 9.68. The Morgan fingerprint density at radius 3 is 3.00 bits per heavy atom. The van der Waals surface area contributed by atoms with Gasteiger partial charge >= 0.3 is 0 Å². The van der Waals surface area contributed by atoms with Crippen molar-refractivity contribution in [3.8, 4) is 0 Å². The van der Waals surface area contributed by atoms with Crippen molar-refractivity contribution in [1.82, 2.24) is 0 Å². The van der Waals surface area contributed by atoms with Crippen LogP contribution in [0.5, 0.6) is 0 Å². The molecule has 0 saturated carbocycles. The molecule has 0 aliphatic heterocycles. The average molecular weight is 187 g/mol. The minimum absolute atomic E-state index is 0.292. The molecule has 0 radical (unpaired) electrons. The van der Waals surface area contributed by atoms with Crippen molar-refractivity contribution in [1.29, 1.82) is 0 Å². The summed E-state index contributed by atoms with van der Waals surface area (Å²) in [4.78, 5) is 0. The second-order valence-corrected chi connectivity index (χ2v) is 2.78.